The number of nitrogens with one attached hydrogen (secondary N) is 2. The summed E-state index contributed by atoms with van der Waals surface area (Å²) in [6.07, 6.45) is 2.36. The average Bonchev–Trinajstić information content (AvgIpc) is 3.32. The maximum atomic E-state index is 12.7. The van der Waals surface area contributed by atoms with Crippen LogP contribution in [0.5, 0.6) is 0 Å². The fraction of sp³-hybridized carbons (Fsp3) is 0.429. The van der Waals surface area contributed by atoms with Crippen molar-refractivity contribution in [1.82, 2.24) is 15.5 Å². The van der Waals surface area contributed by atoms with Crippen LogP contribution in [0.1, 0.15) is 36.4 Å². The van der Waals surface area contributed by atoms with Gasteiger partial charge in [0.05, 0.1) is 6.26 Å². The van der Waals surface area contributed by atoms with Crippen molar-refractivity contribution in [3.05, 3.63) is 60.1 Å². The van der Waals surface area contributed by atoms with Crippen molar-refractivity contribution in [2.75, 3.05) is 13.1 Å². The van der Waals surface area contributed by atoms with Gasteiger partial charge in [-0.1, -0.05) is 44.2 Å². The molecule has 0 aliphatic carbocycles. The fourth-order valence-corrected chi connectivity index (χ4v) is 3.38. The third kappa shape index (κ3) is 5.20. The van der Waals surface area contributed by atoms with Crippen LogP contribution in [-0.4, -0.2) is 41.9 Å². The van der Waals surface area contributed by atoms with Crippen molar-refractivity contribution in [3.63, 3.8) is 0 Å². The second-order valence-corrected chi connectivity index (χ2v) is 7.39. The SMILES string of the molecule is CC(C)C(NC(=O)c1ccco1)C(=O)NC1CCN(Cc2ccccc2)C1. The Morgan fingerprint density at radius 1 is 1.19 bits per heavy atom. The molecule has 2 unspecified atom stereocenters. The van der Waals surface area contributed by atoms with E-state index in [2.05, 4.69) is 27.7 Å². The third-order valence-electron chi connectivity index (χ3n) is 4.85. The first kappa shape index (κ1) is 19.2. The molecule has 27 heavy (non-hydrogen) atoms. The highest BCUT2D eigenvalue weighted by Crippen LogP contribution is 2.14. The van der Waals surface area contributed by atoms with E-state index in [1.807, 2.05) is 32.0 Å². The zero-order chi connectivity index (χ0) is 19.2. The molecule has 6 nitrogen and oxygen atoms in total. The molecule has 6 heteroatoms. The molecule has 1 aliphatic rings. The minimum atomic E-state index is -0.592. The summed E-state index contributed by atoms with van der Waals surface area (Å²) in [7, 11) is 0. The molecule has 3 rings (SSSR count). The lowest BCUT2D eigenvalue weighted by atomic mass is 10.0. The van der Waals surface area contributed by atoms with Crippen LogP contribution in [0.4, 0.5) is 0 Å². The summed E-state index contributed by atoms with van der Waals surface area (Å²) in [4.78, 5) is 27.3. The Kier molecular flexibility index (Phi) is 6.29. The molecule has 1 fully saturated rings. The largest absolute Gasteiger partial charge is 0.459 e. The molecule has 2 amide bonds. The summed E-state index contributed by atoms with van der Waals surface area (Å²) in [6.45, 7) is 6.49. The van der Waals surface area contributed by atoms with E-state index in [9.17, 15) is 9.59 Å². The zero-order valence-electron chi connectivity index (χ0n) is 15.9. The number of benzene rings is 1. The molecule has 2 N–H and O–H groups in total. The Bertz CT molecular complexity index is 743. The van der Waals surface area contributed by atoms with Gasteiger partial charge in [0, 0.05) is 25.7 Å². The van der Waals surface area contributed by atoms with Crippen LogP contribution in [0.2, 0.25) is 0 Å². The molecule has 0 bridgehead atoms. The molecule has 2 aromatic rings. The van der Waals surface area contributed by atoms with Gasteiger partial charge in [-0.3, -0.25) is 14.5 Å². The quantitative estimate of drug-likeness (QED) is 0.786. The summed E-state index contributed by atoms with van der Waals surface area (Å²) in [6, 6.07) is 13.1. The standard InChI is InChI=1S/C21H27N3O3/c1-15(2)19(23-20(25)18-9-6-12-27-18)21(26)22-17-10-11-24(14-17)13-16-7-4-3-5-8-16/h3-9,12,15,17,19H,10-11,13-14H2,1-2H3,(H,22,26)(H,23,25). The van der Waals surface area contributed by atoms with Gasteiger partial charge in [0.25, 0.3) is 5.91 Å². The van der Waals surface area contributed by atoms with Gasteiger partial charge < -0.3 is 15.1 Å². The molecule has 1 aromatic heterocycles. The van der Waals surface area contributed by atoms with Gasteiger partial charge in [0.2, 0.25) is 5.91 Å². The molecule has 144 valence electrons. The first-order valence-corrected chi connectivity index (χ1v) is 9.44. The van der Waals surface area contributed by atoms with E-state index in [-0.39, 0.29) is 29.5 Å². The minimum Gasteiger partial charge on any atom is -0.459 e. The minimum absolute atomic E-state index is 0.0225. The normalized spacial score (nSPS) is 18.4. The van der Waals surface area contributed by atoms with Crippen molar-refractivity contribution in [2.45, 2.75) is 38.9 Å². The van der Waals surface area contributed by atoms with Crippen LogP contribution in [0.25, 0.3) is 0 Å². The lowest BCUT2D eigenvalue weighted by Crippen LogP contribution is -2.52. The van der Waals surface area contributed by atoms with E-state index in [0.29, 0.717) is 0 Å². The summed E-state index contributed by atoms with van der Waals surface area (Å²) >= 11 is 0. The Morgan fingerprint density at radius 2 is 1.96 bits per heavy atom. The van der Waals surface area contributed by atoms with Crippen molar-refractivity contribution < 1.29 is 14.0 Å². The lowest BCUT2D eigenvalue weighted by Gasteiger charge is -2.23. The van der Waals surface area contributed by atoms with Crippen molar-refractivity contribution in [2.24, 2.45) is 5.92 Å². The monoisotopic (exact) mass is 369 g/mol. The average molecular weight is 369 g/mol. The highest BCUT2D eigenvalue weighted by molar-refractivity contribution is 5.95. The molecule has 1 saturated heterocycles. The van der Waals surface area contributed by atoms with Crippen LogP contribution in [0.15, 0.2) is 53.1 Å². The smallest absolute Gasteiger partial charge is 0.287 e. The number of hydrogen-bond acceptors (Lipinski definition) is 4. The number of rotatable bonds is 7. The summed E-state index contributed by atoms with van der Waals surface area (Å²) in [5, 5.41) is 5.89. The van der Waals surface area contributed by atoms with E-state index in [1.165, 1.54) is 11.8 Å². The Balaban J connectivity index is 1.52. The molecule has 1 aromatic carbocycles. The van der Waals surface area contributed by atoms with Crippen molar-refractivity contribution >= 4 is 11.8 Å². The van der Waals surface area contributed by atoms with Gasteiger partial charge >= 0.3 is 0 Å². The number of nitrogens with zero attached hydrogens (tertiary/aromatic N) is 1. The van der Waals surface area contributed by atoms with Crippen molar-refractivity contribution in [1.29, 1.82) is 0 Å². The van der Waals surface area contributed by atoms with Gasteiger partial charge in [-0.15, -0.1) is 0 Å². The predicted molar refractivity (Wildman–Crippen MR) is 103 cm³/mol. The highest BCUT2D eigenvalue weighted by atomic mass is 16.3. The molecular weight excluding hydrogens is 342 g/mol. The molecular formula is C21H27N3O3. The Hall–Kier alpha value is -2.60. The lowest BCUT2D eigenvalue weighted by molar-refractivity contribution is -0.124. The van der Waals surface area contributed by atoms with E-state index in [4.69, 9.17) is 4.42 Å². The van der Waals surface area contributed by atoms with Gasteiger partial charge in [-0.05, 0) is 30.0 Å². The second kappa shape index (κ2) is 8.86. The predicted octanol–water partition coefficient (Wildman–Crippen LogP) is 2.42. The van der Waals surface area contributed by atoms with Crippen molar-refractivity contribution in [3.8, 4) is 0 Å². The van der Waals surface area contributed by atoms with Gasteiger partial charge in [0.1, 0.15) is 6.04 Å². The van der Waals surface area contributed by atoms with E-state index >= 15 is 0 Å². The summed E-state index contributed by atoms with van der Waals surface area (Å²) < 4.78 is 5.11. The molecule has 2 heterocycles. The number of carbonyl (C=O) groups excluding carboxylic acids is 2. The van der Waals surface area contributed by atoms with E-state index < -0.39 is 6.04 Å². The maximum absolute atomic E-state index is 12.7. The number of likely N-dealkylation sites (tertiary alicyclic amines) is 1. The number of hydrogen-bond donors (Lipinski definition) is 2. The summed E-state index contributed by atoms with van der Waals surface area (Å²) in [5.41, 5.74) is 1.27. The van der Waals surface area contributed by atoms with Crippen LogP contribution in [0.3, 0.4) is 0 Å². The molecule has 2 atom stereocenters. The van der Waals surface area contributed by atoms with Gasteiger partial charge in [-0.25, -0.2) is 0 Å². The topological polar surface area (TPSA) is 74.6 Å². The zero-order valence-corrected chi connectivity index (χ0v) is 15.9. The van der Waals surface area contributed by atoms with E-state index in [0.717, 1.165) is 26.1 Å². The van der Waals surface area contributed by atoms with Crippen LogP contribution >= 0.6 is 0 Å². The maximum Gasteiger partial charge on any atom is 0.287 e. The van der Waals surface area contributed by atoms with Gasteiger partial charge in [0.15, 0.2) is 5.76 Å². The first-order chi connectivity index (χ1) is 13.0. The second-order valence-electron chi connectivity index (χ2n) is 7.39. The molecule has 1 aliphatic heterocycles. The summed E-state index contributed by atoms with van der Waals surface area (Å²) in [5.74, 6) is -0.323. The number of amides is 2. The van der Waals surface area contributed by atoms with Gasteiger partial charge in [-0.2, -0.15) is 0 Å². The van der Waals surface area contributed by atoms with E-state index in [1.54, 1.807) is 12.1 Å². The number of carbonyl (C=O) groups is 2. The van der Waals surface area contributed by atoms with Crippen LogP contribution < -0.4 is 10.6 Å². The third-order valence-corrected chi connectivity index (χ3v) is 4.85. The molecule has 0 saturated carbocycles. The van der Waals surface area contributed by atoms with Crippen LogP contribution in [0, 0.1) is 5.92 Å². The Labute approximate surface area is 159 Å². The Morgan fingerprint density at radius 3 is 2.63 bits per heavy atom. The van der Waals surface area contributed by atoms with Crippen LogP contribution in [-0.2, 0) is 11.3 Å². The first-order valence-electron chi connectivity index (χ1n) is 9.44. The fourth-order valence-electron chi connectivity index (χ4n) is 3.38. The molecule has 0 spiro atoms. The molecule has 0 radical (unpaired) electrons. The number of furan rings is 1. The highest BCUT2D eigenvalue weighted by Gasteiger charge is 2.30.